The zero-order valence-electron chi connectivity index (χ0n) is 11.3. The summed E-state index contributed by atoms with van der Waals surface area (Å²) in [5.74, 6) is 2.52. The van der Waals surface area contributed by atoms with E-state index in [2.05, 4.69) is 25.4 Å². The lowest BCUT2D eigenvalue weighted by atomic mass is 10.4. The summed E-state index contributed by atoms with van der Waals surface area (Å²) in [5, 5.41) is 6.98. The van der Waals surface area contributed by atoms with Gasteiger partial charge in [-0.05, 0) is 13.8 Å². The van der Waals surface area contributed by atoms with E-state index in [-0.39, 0.29) is 6.10 Å². The SMILES string of the molecule is Cc1nc(CCNc2cc(OC(C)C)ncn2)no1. The van der Waals surface area contributed by atoms with Crippen molar-refractivity contribution in [2.75, 3.05) is 11.9 Å². The molecule has 0 aliphatic carbocycles. The Morgan fingerprint density at radius 3 is 2.89 bits per heavy atom. The van der Waals surface area contributed by atoms with Gasteiger partial charge >= 0.3 is 0 Å². The summed E-state index contributed by atoms with van der Waals surface area (Å²) in [6.07, 6.45) is 2.23. The molecule has 0 fully saturated rings. The number of nitrogens with zero attached hydrogens (tertiary/aromatic N) is 4. The number of nitrogens with one attached hydrogen (secondary N) is 1. The summed E-state index contributed by atoms with van der Waals surface area (Å²) in [5.41, 5.74) is 0. The first-order chi connectivity index (χ1) is 9.13. The highest BCUT2D eigenvalue weighted by atomic mass is 16.5. The van der Waals surface area contributed by atoms with E-state index in [1.165, 1.54) is 6.33 Å². The molecule has 0 radical (unpaired) electrons. The number of aromatic nitrogens is 4. The molecule has 0 saturated carbocycles. The van der Waals surface area contributed by atoms with Crippen LogP contribution in [-0.4, -0.2) is 32.8 Å². The predicted molar refractivity (Wildman–Crippen MR) is 69.0 cm³/mol. The average Bonchev–Trinajstić information content (AvgIpc) is 2.75. The maximum Gasteiger partial charge on any atom is 0.223 e. The van der Waals surface area contributed by atoms with Gasteiger partial charge in [0.25, 0.3) is 0 Å². The van der Waals surface area contributed by atoms with Crippen LogP contribution < -0.4 is 10.1 Å². The molecular formula is C12H17N5O2. The molecule has 0 aliphatic rings. The van der Waals surface area contributed by atoms with Gasteiger partial charge in [-0.15, -0.1) is 0 Å². The van der Waals surface area contributed by atoms with Gasteiger partial charge in [0.05, 0.1) is 6.10 Å². The highest BCUT2D eigenvalue weighted by molar-refractivity contribution is 5.37. The van der Waals surface area contributed by atoms with Crippen LogP contribution >= 0.6 is 0 Å². The third-order valence-corrected chi connectivity index (χ3v) is 2.22. The van der Waals surface area contributed by atoms with Gasteiger partial charge in [-0.2, -0.15) is 4.98 Å². The van der Waals surface area contributed by atoms with Gasteiger partial charge in [-0.25, -0.2) is 9.97 Å². The topological polar surface area (TPSA) is 86.0 Å². The van der Waals surface area contributed by atoms with Crippen molar-refractivity contribution in [1.82, 2.24) is 20.1 Å². The van der Waals surface area contributed by atoms with E-state index in [4.69, 9.17) is 9.26 Å². The van der Waals surface area contributed by atoms with Crippen molar-refractivity contribution in [1.29, 1.82) is 0 Å². The van der Waals surface area contributed by atoms with Crippen molar-refractivity contribution < 1.29 is 9.26 Å². The molecule has 0 unspecified atom stereocenters. The number of hydrogen-bond acceptors (Lipinski definition) is 7. The number of rotatable bonds is 6. The second-order valence-corrected chi connectivity index (χ2v) is 4.31. The number of anilines is 1. The predicted octanol–water partition coefficient (Wildman–Crippen LogP) is 1.61. The quantitative estimate of drug-likeness (QED) is 0.847. The molecule has 19 heavy (non-hydrogen) atoms. The van der Waals surface area contributed by atoms with Crippen LogP contribution in [0.3, 0.4) is 0 Å². The van der Waals surface area contributed by atoms with Crippen LogP contribution in [0.25, 0.3) is 0 Å². The first-order valence-electron chi connectivity index (χ1n) is 6.15. The maximum absolute atomic E-state index is 5.49. The summed E-state index contributed by atoms with van der Waals surface area (Å²) in [6, 6.07) is 1.77. The number of ether oxygens (including phenoxy) is 1. The summed E-state index contributed by atoms with van der Waals surface area (Å²) in [6.45, 7) is 6.34. The fourth-order valence-corrected chi connectivity index (χ4v) is 1.49. The van der Waals surface area contributed by atoms with Crippen LogP contribution in [0.1, 0.15) is 25.6 Å². The number of aryl methyl sites for hydroxylation is 1. The molecule has 2 heterocycles. The largest absolute Gasteiger partial charge is 0.475 e. The Morgan fingerprint density at radius 1 is 1.37 bits per heavy atom. The molecule has 7 heteroatoms. The minimum absolute atomic E-state index is 0.0880. The Morgan fingerprint density at radius 2 is 2.21 bits per heavy atom. The Bertz CT molecular complexity index is 526. The Labute approximate surface area is 111 Å². The Hall–Kier alpha value is -2.18. The van der Waals surface area contributed by atoms with E-state index in [1.54, 1.807) is 13.0 Å². The van der Waals surface area contributed by atoms with Crippen molar-refractivity contribution >= 4 is 5.82 Å². The molecule has 0 aliphatic heterocycles. The van der Waals surface area contributed by atoms with Gasteiger partial charge in [0.2, 0.25) is 11.8 Å². The van der Waals surface area contributed by atoms with Gasteiger partial charge in [0.15, 0.2) is 5.82 Å². The third kappa shape index (κ3) is 4.20. The summed E-state index contributed by atoms with van der Waals surface area (Å²) in [7, 11) is 0. The smallest absolute Gasteiger partial charge is 0.223 e. The van der Waals surface area contributed by atoms with Gasteiger partial charge in [-0.3, -0.25) is 0 Å². The maximum atomic E-state index is 5.49. The lowest BCUT2D eigenvalue weighted by molar-refractivity contribution is 0.232. The lowest BCUT2D eigenvalue weighted by Crippen LogP contribution is -2.10. The Kier molecular flexibility index (Phi) is 4.27. The van der Waals surface area contributed by atoms with Crippen LogP contribution in [0.15, 0.2) is 16.9 Å². The number of hydrogen-bond donors (Lipinski definition) is 1. The molecule has 1 N–H and O–H groups in total. The zero-order valence-corrected chi connectivity index (χ0v) is 11.3. The van der Waals surface area contributed by atoms with Crippen molar-refractivity contribution in [2.24, 2.45) is 0 Å². The molecule has 2 rings (SSSR count). The van der Waals surface area contributed by atoms with E-state index >= 15 is 0 Å². The monoisotopic (exact) mass is 263 g/mol. The fraction of sp³-hybridized carbons (Fsp3) is 0.500. The van der Waals surface area contributed by atoms with Crippen LogP contribution in [0.4, 0.5) is 5.82 Å². The van der Waals surface area contributed by atoms with Gasteiger partial charge in [-0.1, -0.05) is 5.16 Å². The average molecular weight is 263 g/mol. The lowest BCUT2D eigenvalue weighted by Gasteiger charge is -2.09. The van der Waals surface area contributed by atoms with Crippen molar-refractivity contribution in [3.05, 3.63) is 24.1 Å². The van der Waals surface area contributed by atoms with Crippen LogP contribution in [0.5, 0.6) is 5.88 Å². The zero-order chi connectivity index (χ0) is 13.7. The molecule has 0 atom stereocenters. The van der Waals surface area contributed by atoms with E-state index in [0.29, 0.717) is 36.4 Å². The van der Waals surface area contributed by atoms with E-state index in [1.807, 2.05) is 13.8 Å². The minimum atomic E-state index is 0.0880. The molecule has 0 bridgehead atoms. The highest BCUT2D eigenvalue weighted by Gasteiger charge is 2.04. The van der Waals surface area contributed by atoms with E-state index in [0.717, 1.165) is 0 Å². The third-order valence-electron chi connectivity index (χ3n) is 2.22. The molecule has 2 aromatic rings. The van der Waals surface area contributed by atoms with Gasteiger partial charge in [0, 0.05) is 26.0 Å². The fourth-order valence-electron chi connectivity index (χ4n) is 1.49. The van der Waals surface area contributed by atoms with Crippen molar-refractivity contribution in [3.8, 4) is 5.88 Å². The minimum Gasteiger partial charge on any atom is -0.475 e. The van der Waals surface area contributed by atoms with Crippen molar-refractivity contribution in [3.63, 3.8) is 0 Å². The van der Waals surface area contributed by atoms with Gasteiger partial charge in [0.1, 0.15) is 12.1 Å². The normalized spacial score (nSPS) is 10.7. The summed E-state index contributed by atoms with van der Waals surface area (Å²) >= 11 is 0. The second-order valence-electron chi connectivity index (χ2n) is 4.31. The van der Waals surface area contributed by atoms with E-state index < -0.39 is 0 Å². The summed E-state index contributed by atoms with van der Waals surface area (Å²) < 4.78 is 10.4. The first kappa shape index (κ1) is 13.3. The highest BCUT2D eigenvalue weighted by Crippen LogP contribution is 2.12. The molecule has 0 aromatic carbocycles. The second kappa shape index (κ2) is 6.12. The van der Waals surface area contributed by atoms with Crippen LogP contribution in [0.2, 0.25) is 0 Å². The summed E-state index contributed by atoms with van der Waals surface area (Å²) in [4.78, 5) is 12.3. The molecule has 0 saturated heterocycles. The van der Waals surface area contributed by atoms with Crippen molar-refractivity contribution in [2.45, 2.75) is 33.3 Å². The standard InChI is InChI=1S/C12H17N5O2/c1-8(2)18-12-6-11(14-7-15-12)13-5-4-10-16-9(3)19-17-10/h6-8H,4-5H2,1-3H3,(H,13,14,15). The van der Waals surface area contributed by atoms with Crippen LogP contribution in [-0.2, 0) is 6.42 Å². The molecule has 102 valence electrons. The molecule has 2 aromatic heterocycles. The molecule has 0 spiro atoms. The molecular weight excluding hydrogens is 246 g/mol. The first-order valence-corrected chi connectivity index (χ1v) is 6.15. The molecule has 0 amide bonds. The van der Waals surface area contributed by atoms with E-state index in [9.17, 15) is 0 Å². The molecule has 7 nitrogen and oxygen atoms in total. The van der Waals surface area contributed by atoms with Crippen LogP contribution in [0, 0.1) is 6.92 Å². The Balaban J connectivity index is 1.85. The van der Waals surface area contributed by atoms with Gasteiger partial charge < -0.3 is 14.6 Å².